The molecule has 1 unspecified atom stereocenters. The van der Waals surface area contributed by atoms with Crippen LogP contribution >= 0.6 is 7.60 Å². The van der Waals surface area contributed by atoms with Crippen molar-refractivity contribution in [2.45, 2.75) is 51.4 Å². The Morgan fingerprint density at radius 3 is 1.65 bits per heavy atom. The molecule has 1 atom stereocenters. The third kappa shape index (κ3) is 13.8. The number of carboxylic acids is 2. The van der Waals surface area contributed by atoms with Crippen molar-refractivity contribution in [3.8, 4) is 50.7 Å². The first-order chi connectivity index (χ1) is 38.3. The van der Waals surface area contributed by atoms with E-state index >= 15 is 0 Å². The maximum atomic E-state index is 13.5. The molecule has 2 aliphatic heterocycles. The highest BCUT2D eigenvalue weighted by Gasteiger charge is 2.27. The molecule has 0 fully saturated rings. The molecular weight excluding hydrogens is 1050 g/mol. The number of phenols is 1. The van der Waals surface area contributed by atoms with E-state index in [0.717, 1.165) is 23.9 Å². The Kier molecular flexibility index (Phi) is 18.3. The normalized spacial score (nSPS) is 12.1. The number of unbranched alkanes of at least 4 members (excludes halogenated alkanes) is 6. The van der Waals surface area contributed by atoms with Gasteiger partial charge in [0.05, 0.1) is 23.8 Å². The van der Waals surface area contributed by atoms with Gasteiger partial charge in [0.2, 0.25) is 11.3 Å². The molecule has 0 saturated heterocycles. The molecule has 0 saturated carbocycles. The number of amides is 3. The molecule has 20 heteroatoms. The summed E-state index contributed by atoms with van der Waals surface area (Å²) in [6.07, 6.45) is 4.27. The summed E-state index contributed by atoms with van der Waals surface area (Å²) in [5.41, 5.74) is 4.60. The number of fused-ring (bicyclic) bond motifs is 4. The lowest BCUT2D eigenvalue weighted by atomic mass is 9.89. The molecule has 7 N–H and O–H groups in total. The van der Waals surface area contributed by atoms with Crippen LogP contribution in [0.15, 0.2) is 123 Å². The minimum absolute atomic E-state index is 0.0399. The van der Waals surface area contributed by atoms with Crippen molar-refractivity contribution in [2.75, 3.05) is 65.5 Å². The highest BCUT2D eigenvalue weighted by atomic mass is 31.2. The summed E-state index contributed by atoms with van der Waals surface area (Å²) >= 11 is 0. The number of anilines is 1. The number of benzene rings is 6. The van der Waals surface area contributed by atoms with Crippen LogP contribution in [-0.4, -0.2) is 110 Å². The van der Waals surface area contributed by atoms with E-state index in [0.29, 0.717) is 107 Å². The van der Waals surface area contributed by atoms with Gasteiger partial charge in [0.15, 0.2) is 5.43 Å². The van der Waals surface area contributed by atoms with E-state index in [9.17, 15) is 53.5 Å². The van der Waals surface area contributed by atoms with Gasteiger partial charge in [-0.25, -0.2) is 14.2 Å². The van der Waals surface area contributed by atoms with Crippen LogP contribution in [-0.2, 0) is 13.9 Å². The first-order valence-corrected chi connectivity index (χ1v) is 28.0. The van der Waals surface area contributed by atoms with Crippen molar-refractivity contribution in [1.29, 1.82) is 0 Å². The van der Waals surface area contributed by atoms with E-state index in [1.807, 2.05) is 74.1 Å². The summed E-state index contributed by atoms with van der Waals surface area (Å²) in [7, 11) is 3.48. The van der Waals surface area contributed by atoms with E-state index < -0.39 is 37.5 Å². The van der Waals surface area contributed by atoms with Crippen LogP contribution in [0.5, 0.6) is 5.75 Å². The predicted molar refractivity (Wildman–Crippen MR) is 305 cm³/mol. The van der Waals surface area contributed by atoms with Gasteiger partial charge < -0.3 is 54.4 Å². The van der Waals surface area contributed by atoms with Crippen LogP contribution in [0.2, 0.25) is 0 Å². The molecule has 0 radical (unpaired) electrons. The Labute approximate surface area is 460 Å². The molecule has 2 aliphatic carbocycles. The average Bonchev–Trinajstić information content (AvgIpc) is 3.48. The first-order valence-electron chi connectivity index (χ1n) is 26.2. The van der Waals surface area contributed by atoms with Gasteiger partial charge in [-0.1, -0.05) is 25.7 Å². The largest absolute Gasteiger partial charge is 0.508 e. The summed E-state index contributed by atoms with van der Waals surface area (Å²) in [5, 5.41) is 41.1. The Hall–Kier alpha value is -8.64. The summed E-state index contributed by atoms with van der Waals surface area (Å²) in [5.74, 6) is -3.13. The van der Waals surface area contributed by atoms with Crippen molar-refractivity contribution in [3.05, 3.63) is 147 Å². The number of phenolic OH excluding ortho intramolecular Hbond substituents is 1. The van der Waals surface area contributed by atoms with Gasteiger partial charge in [0.1, 0.15) is 48.7 Å². The van der Waals surface area contributed by atoms with Crippen molar-refractivity contribution in [3.63, 3.8) is 0 Å². The maximum absolute atomic E-state index is 13.5. The fraction of sp³-hybridized carbons (Fsp3) is 0.283. The second kappa shape index (κ2) is 25.4. The Bertz CT molecular complexity index is 3790. The third-order valence-electron chi connectivity index (χ3n) is 13.7. The lowest BCUT2D eigenvalue weighted by Gasteiger charge is -2.19. The van der Waals surface area contributed by atoms with E-state index in [-0.39, 0.29) is 63.8 Å². The minimum atomic E-state index is -4.20. The second-order valence-corrected chi connectivity index (χ2v) is 21.7. The van der Waals surface area contributed by atoms with Crippen LogP contribution in [0, 0.1) is 0 Å². The standard InChI is InChI=1S/C60H62N5O14P/c1-64(2)38-15-21-44-50(31-38)78-51-32-39(65(3)4)16-22-45(51)55(44)48-29-36(13-19-42(48)59(71)72)57(69)62-26-10-6-5-9-25-61-54(68)35-80(75,76)77-28-12-8-7-11-27-63-58(70)37-14-20-43(60(73)74)49(30-37)56-46-23-17-40(66)33-52(46)79-53-34-41(67)18-24-47(53)56/h13-24,29-34H,5-12,25-28,35H2,1-4H3,(H6-,61,62,63,66,67,68,69,70,71,72,73,74,75,76)/p+1. The Morgan fingerprint density at radius 2 is 1.10 bits per heavy atom. The van der Waals surface area contributed by atoms with Crippen LogP contribution in [0.3, 0.4) is 0 Å². The number of aromatic hydroxyl groups is 1. The monoisotopic (exact) mass is 1110 g/mol. The number of hydrogen-bond donors (Lipinski definition) is 7. The van der Waals surface area contributed by atoms with E-state index in [1.165, 1.54) is 60.7 Å². The topological polar surface area (TPSA) is 278 Å². The molecule has 0 aromatic heterocycles. The second-order valence-electron chi connectivity index (χ2n) is 19.9. The van der Waals surface area contributed by atoms with Gasteiger partial charge in [-0.15, -0.1) is 0 Å². The number of aromatic carboxylic acids is 2. The van der Waals surface area contributed by atoms with Crippen molar-refractivity contribution in [2.24, 2.45) is 0 Å². The van der Waals surface area contributed by atoms with Gasteiger partial charge in [-0.3, -0.25) is 23.7 Å². The predicted octanol–water partition coefficient (Wildman–Crippen LogP) is 8.88. The Morgan fingerprint density at radius 1 is 0.588 bits per heavy atom. The molecule has 80 heavy (non-hydrogen) atoms. The molecule has 0 bridgehead atoms. The third-order valence-corrected chi connectivity index (χ3v) is 14.9. The lowest BCUT2D eigenvalue weighted by molar-refractivity contribution is -0.118. The molecule has 4 aliphatic rings. The van der Waals surface area contributed by atoms with Crippen LogP contribution in [0.1, 0.15) is 92.8 Å². The van der Waals surface area contributed by atoms with Crippen molar-refractivity contribution < 1.29 is 62.1 Å². The SMILES string of the molecule is CN(C)c1ccc2c(-c3cc(C(=O)NCCCCCCNC(=O)CP(=O)(O)OCCCCCCNC(=O)c4ccc(C(=O)O)c(-c5c6ccc(=O)cc-6oc6cc(O)ccc56)c4)ccc3C(=O)O)c3ccc(=[N+](C)C)cc-3oc2c1. The van der Waals surface area contributed by atoms with Crippen LogP contribution < -0.4 is 36.2 Å². The highest BCUT2D eigenvalue weighted by Crippen LogP contribution is 2.45. The quantitative estimate of drug-likeness (QED) is 0.0129. The molecule has 19 nitrogen and oxygen atoms in total. The fourth-order valence-electron chi connectivity index (χ4n) is 9.53. The molecular formula is C60H63N5O14P+. The summed E-state index contributed by atoms with van der Waals surface area (Å²) in [6, 6.07) is 28.8. The van der Waals surface area contributed by atoms with Gasteiger partial charge in [0, 0.05) is 108 Å². The highest BCUT2D eigenvalue weighted by molar-refractivity contribution is 7.53. The molecule has 4 aromatic carbocycles. The van der Waals surface area contributed by atoms with Crippen LogP contribution in [0.4, 0.5) is 5.69 Å². The smallest absolute Gasteiger partial charge is 0.337 e. The van der Waals surface area contributed by atoms with Gasteiger partial charge >= 0.3 is 19.5 Å². The number of carboxylic acid groups (broad SMARTS) is 2. The maximum Gasteiger partial charge on any atom is 0.337 e. The number of carbonyl (C=O) groups excluding carboxylic acids is 3. The fourth-order valence-corrected chi connectivity index (χ4v) is 10.5. The zero-order valence-electron chi connectivity index (χ0n) is 44.8. The van der Waals surface area contributed by atoms with E-state index in [1.54, 1.807) is 12.1 Å². The zero-order chi connectivity index (χ0) is 57.3. The molecule has 416 valence electrons. The van der Waals surface area contributed by atoms with Crippen LogP contribution in [0.25, 0.3) is 66.8 Å². The number of nitrogens with one attached hydrogen (secondary N) is 3. The minimum Gasteiger partial charge on any atom is -0.508 e. The molecule has 3 amide bonds. The molecule has 8 rings (SSSR count). The van der Waals surface area contributed by atoms with E-state index in [2.05, 4.69) is 16.0 Å². The Balaban J connectivity index is 0.737. The summed E-state index contributed by atoms with van der Waals surface area (Å²) in [4.78, 5) is 88.9. The first kappa shape index (κ1) is 57.5. The molecule has 2 heterocycles. The molecule has 4 aromatic rings. The number of carbonyl (C=O) groups is 5. The average molecular weight is 1110 g/mol. The van der Waals surface area contributed by atoms with E-state index in [4.69, 9.17) is 13.4 Å². The van der Waals surface area contributed by atoms with Crippen molar-refractivity contribution in [1.82, 2.24) is 20.5 Å². The molecule has 0 spiro atoms. The van der Waals surface area contributed by atoms with Gasteiger partial charge in [0.25, 0.3) is 11.8 Å². The summed E-state index contributed by atoms with van der Waals surface area (Å²) in [6.45, 7) is 0.892. The van der Waals surface area contributed by atoms with Gasteiger partial charge in [-0.05, 0) is 116 Å². The number of hydrogen-bond acceptors (Lipinski definition) is 12. The zero-order valence-corrected chi connectivity index (χ0v) is 45.7. The lowest BCUT2D eigenvalue weighted by Crippen LogP contribution is -2.27. The number of nitrogens with zero attached hydrogens (tertiary/aromatic N) is 2. The summed E-state index contributed by atoms with van der Waals surface area (Å²) < 4.78 is 32.1. The van der Waals surface area contributed by atoms with Gasteiger partial charge in [-0.2, -0.15) is 0 Å². The number of rotatable bonds is 24. The van der Waals surface area contributed by atoms with Crippen molar-refractivity contribution >= 4 is 64.9 Å².